The van der Waals surface area contributed by atoms with E-state index in [-0.39, 0.29) is 11.8 Å². The average Bonchev–Trinajstić information content (AvgIpc) is 2.39. The van der Waals surface area contributed by atoms with Crippen molar-refractivity contribution >= 4 is 0 Å². The molecule has 1 fully saturated rings. The Morgan fingerprint density at radius 2 is 2.26 bits per heavy atom. The number of alkyl halides is 2. The van der Waals surface area contributed by atoms with E-state index in [0.29, 0.717) is 12.6 Å². The predicted octanol–water partition coefficient (Wildman–Crippen LogP) is 3.12. The van der Waals surface area contributed by atoms with E-state index in [9.17, 15) is 8.78 Å². The fourth-order valence-electron chi connectivity index (χ4n) is 2.28. The molecule has 0 aromatic heterocycles. The number of hydrogen-bond acceptors (Lipinski definition) is 3. The molecular weight excluding hydrogens is 252 g/mol. The summed E-state index contributed by atoms with van der Waals surface area (Å²) in [4.78, 5) is 0. The van der Waals surface area contributed by atoms with Gasteiger partial charge in [-0.05, 0) is 37.5 Å². The average molecular weight is 271 g/mol. The second-order valence-corrected chi connectivity index (χ2v) is 4.75. The second-order valence-electron chi connectivity index (χ2n) is 4.75. The predicted molar refractivity (Wildman–Crippen MR) is 68.5 cm³/mol. The van der Waals surface area contributed by atoms with E-state index < -0.39 is 6.61 Å². The molecule has 1 heterocycles. The number of benzene rings is 1. The van der Waals surface area contributed by atoms with Gasteiger partial charge in [-0.25, -0.2) is 0 Å². The molecule has 2 atom stereocenters. The molecule has 0 aliphatic carbocycles. The van der Waals surface area contributed by atoms with E-state index in [4.69, 9.17) is 4.74 Å². The Kier molecular flexibility index (Phi) is 5.10. The van der Waals surface area contributed by atoms with Gasteiger partial charge in [-0.15, -0.1) is 0 Å². The molecule has 19 heavy (non-hydrogen) atoms. The van der Waals surface area contributed by atoms with Crippen LogP contribution in [-0.2, 0) is 4.74 Å². The monoisotopic (exact) mass is 271 g/mol. The zero-order valence-electron chi connectivity index (χ0n) is 10.9. The highest BCUT2D eigenvalue weighted by Gasteiger charge is 2.17. The van der Waals surface area contributed by atoms with Crippen molar-refractivity contribution in [2.24, 2.45) is 0 Å². The Hall–Kier alpha value is -1.20. The van der Waals surface area contributed by atoms with Crippen LogP contribution in [0.5, 0.6) is 5.75 Å². The summed E-state index contributed by atoms with van der Waals surface area (Å²) in [6.45, 7) is 0.753. The minimum atomic E-state index is -2.79. The quantitative estimate of drug-likeness (QED) is 0.892. The maximum atomic E-state index is 12.2. The van der Waals surface area contributed by atoms with Gasteiger partial charge >= 0.3 is 6.61 Å². The van der Waals surface area contributed by atoms with Crippen molar-refractivity contribution in [2.45, 2.75) is 38.5 Å². The van der Waals surface area contributed by atoms with E-state index in [1.165, 1.54) is 6.07 Å². The van der Waals surface area contributed by atoms with Gasteiger partial charge in [0.2, 0.25) is 0 Å². The lowest BCUT2D eigenvalue weighted by molar-refractivity contribution is -0.0499. The van der Waals surface area contributed by atoms with Gasteiger partial charge in [0.15, 0.2) is 0 Å². The standard InChI is InChI=1S/C14H19F2NO2/c1-10(17-12-5-3-7-18-9-12)11-4-2-6-13(8-11)19-14(15)16/h2,4,6,8,10,12,14,17H,3,5,7,9H2,1H3/t10-,12-/m1/s1. The van der Waals surface area contributed by atoms with Crippen molar-refractivity contribution in [1.29, 1.82) is 0 Å². The maximum Gasteiger partial charge on any atom is 0.387 e. The Morgan fingerprint density at radius 3 is 2.95 bits per heavy atom. The van der Waals surface area contributed by atoms with Gasteiger partial charge in [0.1, 0.15) is 5.75 Å². The lowest BCUT2D eigenvalue weighted by Crippen LogP contribution is -2.38. The Bertz CT molecular complexity index is 395. The van der Waals surface area contributed by atoms with Crippen LogP contribution in [0.2, 0.25) is 0 Å². The molecule has 5 heteroatoms. The van der Waals surface area contributed by atoms with Crippen molar-refractivity contribution in [3.63, 3.8) is 0 Å². The Balaban J connectivity index is 1.95. The van der Waals surface area contributed by atoms with Crippen molar-refractivity contribution in [3.05, 3.63) is 29.8 Å². The van der Waals surface area contributed by atoms with Crippen LogP contribution in [0.15, 0.2) is 24.3 Å². The van der Waals surface area contributed by atoms with Gasteiger partial charge < -0.3 is 14.8 Å². The van der Waals surface area contributed by atoms with Gasteiger partial charge in [-0.2, -0.15) is 8.78 Å². The summed E-state index contributed by atoms with van der Waals surface area (Å²) < 4.78 is 34.2. The molecule has 1 aliphatic heterocycles. The molecule has 1 aliphatic rings. The van der Waals surface area contributed by atoms with E-state index in [0.717, 1.165) is 25.0 Å². The first kappa shape index (κ1) is 14.2. The molecule has 0 radical (unpaired) electrons. The van der Waals surface area contributed by atoms with Gasteiger partial charge in [0.25, 0.3) is 0 Å². The first-order valence-electron chi connectivity index (χ1n) is 6.53. The third-order valence-corrected chi connectivity index (χ3v) is 3.23. The first-order chi connectivity index (χ1) is 9.15. The smallest absolute Gasteiger partial charge is 0.387 e. The van der Waals surface area contributed by atoms with Gasteiger partial charge in [0.05, 0.1) is 6.61 Å². The zero-order valence-corrected chi connectivity index (χ0v) is 10.9. The molecule has 0 unspecified atom stereocenters. The molecule has 2 rings (SSSR count). The lowest BCUT2D eigenvalue weighted by atomic mass is 10.0. The highest BCUT2D eigenvalue weighted by atomic mass is 19.3. The summed E-state index contributed by atoms with van der Waals surface area (Å²) in [6.07, 6.45) is 2.14. The molecule has 0 saturated carbocycles. The van der Waals surface area contributed by atoms with Crippen molar-refractivity contribution < 1.29 is 18.3 Å². The summed E-state index contributed by atoms with van der Waals surface area (Å²) >= 11 is 0. The van der Waals surface area contributed by atoms with E-state index in [1.54, 1.807) is 12.1 Å². The van der Waals surface area contributed by atoms with Crippen LogP contribution in [0.25, 0.3) is 0 Å². The fourth-order valence-corrected chi connectivity index (χ4v) is 2.28. The summed E-state index contributed by atoms with van der Waals surface area (Å²) in [5, 5.41) is 3.45. The highest BCUT2D eigenvalue weighted by molar-refractivity contribution is 5.30. The van der Waals surface area contributed by atoms with Gasteiger partial charge in [-0.3, -0.25) is 0 Å². The molecule has 0 amide bonds. The summed E-state index contributed by atoms with van der Waals surface area (Å²) in [7, 11) is 0. The highest BCUT2D eigenvalue weighted by Crippen LogP contribution is 2.21. The molecule has 3 nitrogen and oxygen atoms in total. The number of nitrogens with one attached hydrogen (secondary N) is 1. The minimum Gasteiger partial charge on any atom is -0.435 e. The fraction of sp³-hybridized carbons (Fsp3) is 0.571. The topological polar surface area (TPSA) is 30.5 Å². The van der Waals surface area contributed by atoms with E-state index in [2.05, 4.69) is 10.1 Å². The maximum absolute atomic E-state index is 12.2. The lowest BCUT2D eigenvalue weighted by Gasteiger charge is -2.27. The van der Waals surface area contributed by atoms with E-state index >= 15 is 0 Å². The van der Waals surface area contributed by atoms with Crippen LogP contribution >= 0.6 is 0 Å². The molecule has 1 N–H and O–H groups in total. The van der Waals surface area contributed by atoms with Crippen LogP contribution in [0.3, 0.4) is 0 Å². The van der Waals surface area contributed by atoms with Crippen LogP contribution in [0.4, 0.5) is 8.78 Å². The minimum absolute atomic E-state index is 0.0768. The van der Waals surface area contributed by atoms with Crippen LogP contribution < -0.4 is 10.1 Å². The van der Waals surface area contributed by atoms with Crippen LogP contribution in [0.1, 0.15) is 31.4 Å². The number of hydrogen-bond donors (Lipinski definition) is 1. The van der Waals surface area contributed by atoms with E-state index in [1.807, 2.05) is 13.0 Å². The zero-order chi connectivity index (χ0) is 13.7. The third-order valence-electron chi connectivity index (χ3n) is 3.23. The molecule has 106 valence electrons. The largest absolute Gasteiger partial charge is 0.435 e. The SMILES string of the molecule is C[C@@H](N[C@@H]1CCCOC1)c1cccc(OC(F)F)c1. The molecule has 1 saturated heterocycles. The van der Waals surface area contributed by atoms with Crippen LogP contribution in [0, 0.1) is 0 Å². The Labute approximate surface area is 111 Å². The number of ether oxygens (including phenoxy) is 2. The summed E-state index contributed by atoms with van der Waals surface area (Å²) in [6, 6.07) is 7.21. The molecular formula is C14H19F2NO2. The van der Waals surface area contributed by atoms with Gasteiger partial charge in [0, 0.05) is 18.7 Å². The summed E-state index contributed by atoms with van der Waals surface area (Å²) in [5.74, 6) is 0.195. The van der Waals surface area contributed by atoms with Crippen molar-refractivity contribution in [2.75, 3.05) is 13.2 Å². The number of rotatable bonds is 5. The molecule has 1 aromatic carbocycles. The Morgan fingerprint density at radius 1 is 1.42 bits per heavy atom. The third kappa shape index (κ3) is 4.44. The van der Waals surface area contributed by atoms with Crippen molar-refractivity contribution in [1.82, 2.24) is 5.32 Å². The van der Waals surface area contributed by atoms with Gasteiger partial charge in [-0.1, -0.05) is 12.1 Å². The molecule has 0 spiro atoms. The normalized spacial score (nSPS) is 21.4. The number of halogens is 2. The van der Waals surface area contributed by atoms with Crippen molar-refractivity contribution in [3.8, 4) is 5.75 Å². The molecule has 0 bridgehead atoms. The second kappa shape index (κ2) is 6.82. The molecule has 1 aromatic rings. The first-order valence-corrected chi connectivity index (χ1v) is 6.53. The van der Waals surface area contributed by atoms with Crippen LogP contribution in [-0.4, -0.2) is 25.9 Å². The summed E-state index contributed by atoms with van der Waals surface area (Å²) in [5.41, 5.74) is 0.934.